The number of amides is 2. The van der Waals surface area contributed by atoms with E-state index in [-0.39, 0.29) is 21.8 Å². The van der Waals surface area contributed by atoms with Crippen molar-refractivity contribution in [2.45, 2.75) is 12.2 Å². The zero-order chi connectivity index (χ0) is 23.5. The van der Waals surface area contributed by atoms with Crippen LogP contribution in [0, 0.1) is 0 Å². The fraction of sp³-hybridized carbons (Fsp3) is 0.0833. The number of halogens is 2. The van der Waals surface area contributed by atoms with Crippen molar-refractivity contribution in [2.24, 2.45) is 0 Å². The maximum absolute atomic E-state index is 13.2. The first-order chi connectivity index (χ1) is 15.9. The Morgan fingerprint density at radius 1 is 0.758 bits per heavy atom. The van der Waals surface area contributed by atoms with Crippen LogP contribution in [0.4, 0.5) is 5.69 Å². The van der Waals surface area contributed by atoms with Crippen molar-refractivity contribution in [1.82, 2.24) is 0 Å². The number of ether oxygens (including phenoxy) is 2. The van der Waals surface area contributed by atoms with E-state index >= 15 is 0 Å². The van der Waals surface area contributed by atoms with E-state index in [0.29, 0.717) is 4.47 Å². The number of anilines is 1. The number of carbonyl (C=O) groups excluding carboxylic acids is 4. The van der Waals surface area contributed by atoms with Gasteiger partial charge in [0.1, 0.15) is 0 Å². The summed E-state index contributed by atoms with van der Waals surface area (Å²) in [4.78, 5) is 52.4. The van der Waals surface area contributed by atoms with Crippen LogP contribution in [0.5, 0.6) is 0 Å². The van der Waals surface area contributed by atoms with E-state index in [1.54, 1.807) is 42.5 Å². The SMILES string of the molecule is O=C(O[C@@H]1C(=O)N(c2ccc(Br)c(Cl)c2)C(=O)[C@@H]1OC(=O)c1ccccc1)c1ccccc1. The number of carbonyl (C=O) groups is 4. The summed E-state index contributed by atoms with van der Waals surface area (Å²) in [5.41, 5.74) is 0.504. The quantitative estimate of drug-likeness (QED) is 0.360. The van der Waals surface area contributed by atoms with Crippen molar-refractivity contribution < 1.29 is 28.7 Å². The first-order valence-electron chi connectivity index (χ1n) is 9.72. The molecule has 0 bridgehead atoms. The van der Waals surface area contributed by atoms with Gasteiger partial charge in [0.05, 0.1) is 21.8 Å². The molecule has 1 aliphatic heterocycles. The van der Waals surface area contributed by atoms with Gasteiger partial charge in [-0.25, -0.2) is 14.5 Å². The summed E-state index contributed by atoms with van der Waals surface area (Å²) in [6, 6.07) is 20.4. The van der Waals surface area contributed by atoms with Gasteiger partial charge in [0.25, 0.3) is 11.8 Å². The zero-order valence-electron chi connectivity index (χ0n) is 16.8. The van der Waals surface area contributed by atoms with Gasteiger partial charge >= 0.3 is 11.9 Å². The average molecular weight is 529 g/mol. The monoisotopic (exact) mass is 527 g/mol. The molecule has 4 rings (SSSR count). The van der Waals surface area contributed by atoms with Crippen LogP contribution in [0.2, 0.25) is 5.02 Å². The zero-order valence-corrected chi connectivity index (χ0v) is 19.2. The predicted molar refractivity (Wildman–Crippen MR) is 123 cm³/mol. The van der Waals surface area contributed by atoms with Gasteiger partial charge in [-0.1, -0.05) is 48.0 Å². The van der Waals surface area contributed by atoms with E-state index in [2.05, 4.69) is 15.9 Å². The molecule has 7 nitrogen and oxygen atoms in total. The van der Waals surface area contributed by atoms with Crippen molar-refractivity contribution in [1.29, 1.82) is 0 Å². The van der Waals surface area contributed by atoms with Crippen molar-refractivity contribution in [3.63, 3.8) is 0 Å². The number of imide groups is 1. The minimum absolute atomic E-state index is 0.150. The molecule has 1 aliphatic rings. The molecule has 1 saturated heterocycles. The van der Waals surface area contributed by atoms with E-state index in [4.69, 9.17) is 21.1 Å². The number of hydrogen-bond acceptors (Lipinski definition) is 6. The fourth-order valence-corrected chi connectivity index (χ4v) is 3.66. The standard InChI is InChI=1S/C24H15BrClNO6/c25-17-12-11-16(13-18(17)26)27-21(28)19(32-23(30)14-7-3-1-4-8-14)20(22(27)29)33-24(31)15-9-5-2-6-10-15/h1-13,19-20H/t19-,20+. The number of hydrogen-bond donors (Lipinski definition) is 0. The van der Waals surface area contributed by atoms with Gasteiger partial charge < -0.3 is 9.47 Å². The molecule has 0 N–H and O–H groups in total. The summed E-state index contributed by atoms with van der Waals surface area (Å²) in [5.74, 6) is -3.38. The van der Waals surface area contributed by atoms with E-state index in [0.717, 1.165) is 4.90 Å². The Kier molecular flexibility index (Phi) is 6.57. The third kappa shape index (κ3) is 4.67. The smallest absolute Gasteiger partial charge is 0.339 e. The molecule has 1 fully saturated rings. The third-order valence-corrected chi connectivity index (χ3v) is 6.08. The lowest BCUT2D eigenvalue weighted by molar-refractivity contribution is -0.130. The normalized spacial score (nSPS) is 17.7. The summed E-state index contributed by atoms with van der Waals surface area (Å²) >= 11 is 9.37. The lowest BCUT2D eigenvalue weighted by atomic mass is 10.2. The summed E-state index contributed by atoms with van der Waals surface area (Å²) < 4.78 is 11.3. The van der Waals surface area contributed by atoms with Gasteiger partial charge in [-0.15, -0.1) is 0 Å². The van der Waals surface area contributed by atoms with Crippen LogP contribution in [0.3, 0.4) is 0 Å². The highest BCUT2D eigenvalue weighted by Crippen LogP contribution is 2.32. The molecule has 0 spiro atoms. The van der Waals surface area contributed by atoms with Crippen molar-refractivity contribution in [3.05, 3.63) is 99.5 Å². The second kappa shape index (κ2) is 9.56. The van der Waals surface area contributed by atoms with E-state index in [9.17, 15) is 19.2 Å². The number of benzene rings is 3. The average Bonchev–Trinajstić information content (AvgIpc) is 3.06. The molecule has 33 heavy (non-hydrogen) atoms. The van der Waals surface area contributed by atoms with Crippen LogP contribution >= 0.6 is 27.5 Å². The van der Waals surface area contributed by atoms with Crippen LogP contribution in [0.1, 0.15) is 20.7 Å². The highest BCUT2D eigenvalue weighted by molar-refractivity contribution is 9.10. The molecule has 0 saturated carbocycles. The molecule has 0 aromatic heterocycles. The van der Waals surface area contributed by atoms with Gasteiger partial charge in [0.2, 0.25) is 12.2 Å². The first kappa shape index (κ1) is 22.7. The molecule has 0 unspecified atom stereocenters. The molecule has 3 aromatic rings. The summed E-state index contributed by atoms with van der Waals surface area (Å²) in [7, 11) is 0. The van der Waals surface area contributed by atoms with Crippen molar-refractivity contribution >= 4 is 57.0 Å². The lowest BCUT2D eigenvalue weighted by Crippen LogP contribution is -2.37. The molecule has 2 amide bonds. The molecule has 0 radical (unpaired) electrons. The van der Waals surface area contributed by atoms with Gasteiger partial charge in [0, 0.05) is 4.47 Å². The van der Waals surface area contributed by atoms with Crippen LogP contribution < -0.4 is 4.90 Å². The van der Waals surface area contributed by atoms with Gasteiger partial charge in [0.15, 0.2) is 0 Å². The minimum Gasteiger partial charge on any atom is -0.444 e. The molecule has 3 aromatic carbocycles. The maximum atomic E-state index is 13.2. The second-order valence-electron chi connectivity index (χ2n) is 6.99. The Morgan fingerprint density at radius 2 is 1.21 bits per heavy atom. The molecule has 166 valence electrons. The Bertz CT molecular complexity index is 1160. The molecule has 9 heteroatoms. The van der Waals surface area contributed by atoms with Gasteiger partial charge in [-0.05, 0) is 58.4 Å². The Balaban J connectivity index is 1.67. The predicted octanol–water partition coefficient (Wildman–Crippen LogP) is 4.43. The Morgan fingerprint density at radius 3 is 1.64 bits per heavy atom. The maximum Gasteiger partial charge on any atom is 0.339 e. The Labute approximate surface area is 202 Å². The van der Waals surface area contributed by atoms with Crippen LogP contribution in [0.15, 0.2) is 83.3 Å². The van der Waals surface area contributed by atoms with Gasteiger partial charge in [-0.2, -0.15) is 0 Å². The summed E-state index contributed by atoms with van der Waals surface area (Å²) in [6.07, 6.45) is -3.33. The van der Waals surface area contributed by atoms with Crippen molar-refractivity contribution in [2.75, 3.05) is 4.90 Å². The van der Waals surface area contributed by atoms with Crippen LogP contribution in [-0.2, 0) is 19.1 Å². The van der Waals surface area contributed by atoms with E-state index in [1.807, 2.05) is 0 Å². The van der Waals surface area contributed by atoms with Gasteiger partial charge in [-0.3, -0.25) is 9.59 Å². The molecule has 0 aliphatic carbocycles. The fourth-order valence-electron chi connectivity index (χ4n) is 3.24. The molecular weight excluding hydrogens is 514 g/mol. The molecule has 2 atom stereocenters. The Hall–Kier alpha value is -3.49. The highest BCUT2D eigenvalue weighted by Gasteiger charge is 2.53. The second-order valence-corrected chi connectivity index (χ2v) is 8.26. The molecular formula is C24H15BrClNO6. The van der Waals surface area contributed by atoms with Crippen LogP contribution in [-0.4, -0.2) is 36.0 Å². The van der Waals surface area contributed by atoms with E-state index < -0.39 is 36.0 Å². The van der Waals surface area contributed by atoms with Crippen molar-refractivity contribution in [3.8, 4) is 0 Å². The minimum atomic E-state index is -1.67. The number of rotatable bonds is 5. The number of nitrogens with zero attached hydrogens (tertiary/aromatic N) is 1. The van der Waals surface area contributed by atoms with Crippen LogP contribution in [0.25, 0.3) is 0 Å². The summed E-state index contributed by atoms with van der Waals surface area (Å²) in [5, 5.41) is 0.260. The first-order valence-corrected chi connectivity index (χ1v) is 10.9. The number of esters is 2. The summed E-state index contributed by atoms with van der Waals surface area (Å²) in [6.45, 7) is 0. The van der Waals surface area contributed by atoms with E-state index in [1.165, 1.54) is 36.4 Å². The molecule has 1 heterocycles. The topological polar surface area (TPSA) is 90.0 Å². The largest absolute Gasteiger partial charge is 0.444 e. The lowest BCUT2D eigenvalue weighted by Gasteiger charge is -2.16. The third-order valence-electron chi connectivity index (χ3n) is 4.85. The highest BCUT2D eigenvalue weighted by atomic mass is 79.9.